The molecule has 0 aromatic heterocycles. The third kappa shape index (κ3) is 5.72. The first kappa shape index (κ1) is 22.4. The quantitative estimate of drug-likeness (QED) is 0.667. The van der Waals surface area contributed by atoms with Gasteiger partial charge in [-0.1, -0.05) is 19.3 Å². The molecule has 0 bridgehead atoms. The highest BCUT2D eigenvalue weighted by molar-refractivity contribution is 5.75. The molecular formula is C25H40N4O2. The van der Waals surface area contributed by atoms with Crippen LogP contribution in [0.25, 0.3) is 0 Å². The average Bonchev–Trinajstić information content (AvgIpc) is 3.20. The number of benzene rings is 1. The van der Waals surface area contributed by atoms with E-state index in [2.05, 4.69) is 32.6 Å². The van der Waals surface area contributed by atoms with Gasteiger partial charge in [-0.25, -0.2) is 0 Å². The molecule has 2 saturated heterocycles. The van der Waals surface area contributed by atoms with E-state index >= 15 is 0 Å². The van der Waals surface area contributed by atoms with Crippen LogP contribution in [0.1, 0.15) is 44.9 Å². The number of amides is 1. The van der Waals surface area contributed by atoms with Crippen molar-refractivity contribution in [2.24, 2.45) is 11.3 Å². The summed E-state index contributed by atoms with van der Waals surface area (Å²) in [5.74, 6) is 1.82. The Morgan fingerprint density at radius 3 is 2.58 bits per heavy atom. The minimum atomic E-state index is 0.231. The molecule has 2 heterocycles. The Hall–Kier alpha value is -1.79. The smallest absolute Gasteiger partial charge is 0.220 e. The molecule has 1 aromatic rings. The Morgan fingerprint density at radius 1 is 1.13 bits per heavy atom. The average molecular weight is 429 g/mol. The standard InChI is InChI=1S/C25H40N4O2/c1-31-23-8-6-22(7-9-23)29-17-15-28(16-18-29)14-13-27-24(30)10-5-21-19-26-20-25(21)11-3-2-4-12-25/h6-9,21,26H,2-5,10-20H2,1H3,(H,27,30). The molecule has 1 spiro atoms. The Bertz CT molecular complexity index is 694. The lowest BCUT2D eigenvalue weighted by Crippen LogP contribution is -2.48. The number of nitrogens with one attached hydrogen (secondary N) is 2. The van der Waals surface area contributed by atoms with Crippen LogP contribution in [0.15, 0.2) is 24.3 Å². The predicted octanol–water partition coefficient (Wildman–Crippen LogP) is 2.88. The summed E-state index contributed by atoms with van der Waals surface area (Å²) in [5.41, 5.74) is 1.74. The molecule has 1 atom stereocenters. The fourth-order valence-electron chi connectivity index (χ4n) is 5.88. The topological polar surface area (TPSA) is 56.8 Å². The highest BCUT2D eigenvalue weighted by atomic mass is 16.5. The Morgan fingerprint density at radius 2 is 1.87 bits per heavy atom. The molecule has 1 amide bonds. The van der Waals surface area contributed by atoms with Crippen LogP contribution < -0.4 is 20.3 Å². The number of anilines is 1. The summed E-state index contributed by atoms with van der Waals surface area (Å²) >= 11 is 0. The third-order valence-electron chi connectivity index (χ3n) is 7.86. The fraction of sp³-hybridized carbons (Fsp3) is 0.720. The van der Waals surface area contributed by atoms with E-state index in [0.717, 1.165) is 58.0 Å². The molecule has 172 valence electrons. The predicted molar refractivity (Wildman–Crippen MR) is 126 cm³/mol. The van der Waals surface area contributed by atoms with Gasteiger partial charge in [-0.15, -0.1) is 0 Å². The highest BCUT2D eigenvalue weighted by Crippen LogP contribution is 2.46. The molecule has 2 N–H and O–H groups in total. The van der Waals surface area contributed by atoms with Crippen molar-refractivity contribution in [1.82, 2.24) is 15.5 Å². The lowest BCUT2D eigenvalue weighted by molar-refractivity contribution is -0.121. The Balaban J connectivity index is 1.11. The first-order valence-corrected chi connectivity index (χ1v) is 12.3. The van der Waals surface area contributed by atoms with E-state index in [1.807, 2.05) is 12.1 Å². The summed E-state index contributed by atoms with van der Waals surface area (Å²) in [4.78, 5) is 17.3. The minimum absolute atomic E-state index is 0.231. The van der Waals surface area contributed by atoms with E-state index in [1.54, 1.807) is 7.11 Å². The number of nitrogens with zero attached hydrogens (tertiary/aromatic N) is 2. The van der Waals surface area contributed by atoms with Gasteiger partial charge in [0, 0.05) is 57.9 Å². The Labute approximate surface area is 187 Å². The van der Waals surface area contributed by atoms with Gasteiger partial charge in [-0.3, -0.25) is 9.69 Å². The minimum Gasteiger partial charge on any atom is -0.497 e. The zero-order valence-electron chi connectivity index (χ0n) is 19.2. The molecule has 6 nitrogen and oxygen atoms in total. The summed E-state index contributed by atoms with van der Waals surface area (Å²) in [6.07, 6.45) is 8.57. The zero-order valence-corrected chi connectivity index (χ0v) is 19.2. The molecule has 2 aliphatic heterocycles. The molecule has 1 saturated carbocycles. The number of methoxy groups -OCH3 is 1. The summed E-state index contributed by atoms with van der Waals surface area (Å²) in [6.45, 7) is 8.10. The lowest BCUT2D eigenvalue weighted by Gasteiger charge is -2.38. The second kappa shape index (κ2) is 10.7. The molecule has 4 rings (SSSR count). The maximum atomic E-state index is 12.4. The number of ether oxygens (including phenoxy) is 1. The van der Waals surface area contributed by atoms with Crippen molar-refractivity contribution in [3.05, 3.63) is 24.3 Å². The van der Waals surface area contributed by atoms with Crippen LogP contribution >= 0.6 is 0 Å². The molecule has 1 aliphatic carbocycles. The Kier molecular flexibility index (Phi) is 7.72. The van der Waals surface area contributed by atoms with Crippen molar-refractivity contribution >= 4 is 11.6 Å². The van der Waals surface area contributed by atoms with E-state index in [0.29, 0.717) is 17.8 Å². The van der Waals surface area contributed by atoms with Crippen molar-refractivity contribution < 1.29 is 9.53 Å². The highest BCUT2D eigenvalue weighted by Gasteiger charge is 2.42. The van der Waals surface area contributed by atoms with Gasteiger partial charge < -0.3 is 20.3 Å². The summed E-state index contributed by atoms with van der Waals surface area (Å²) in [6, 6.07) is 8.31. The van der Waals surface area contributed by atoms with Crippen molar-refractivity contribution in [3.8, 4) is 5.75 Å². The molecule has 1 aromatic carbocycles. The maximum absolute atomic E-state index is 12.4. The van der Waals surface area contributed by atoms with Gasteiger partial charge in [0.05, 0.1) is 7.11 Å². The van der Waals surface area contributed by atoms with E-state index in [4.69, 9.17) is 4.74 Å². The van der Waals surface area contributed by atoms with Gasteiger partial charge in [-0.05, 0) is 61.4 Å². The van der Waals surface area contributed by atoms with Crippen LogP contribution in [-0.2, 0) is 4.79 Å². The normalized spacial score (nSPS) is 23.8. The van der Waals surface area contributed by atoms with Crippen molar-refractivity contribution in [2.45, 2.75) is 44.9 Å². The number of carbonyl (C=O) groups excluding carboxylic acids is 1. The van der Waals surface area contributed by atoms with Crippen LogP contribution in [0.3, 0.4) is 0 Å². The summed E-state index contributed by atoms with van der Waals surface area (Å²) in [7, 11) is 1.70. The van der Waals surface area contributed by atoms with Crippen molar-refractivity contribution in [3.63, 3.8) is 0 Å². The first-order valence-electron chi connectivity index (χ1n) is 12.3. The van der Waals surface area contributed by atoms with Crippen LogP contribution in [-0.4, -0.2) is 70.3 Å². The van der Waals surface area contributed by atoms with Crippen molar-refractivity contribution in [2.75, 3.05) is 64.4 Å². The molecular weight excluding hydrogens is 388 g/mol. The largest absolute Gasteiger partial charge is 0.497 e. The first-order chi connectivity index (χ1) is 15.2. The van der Waals surface area contributed by atoms with Crippen LogP contribution in [0.5, 0.6) is 5.75 Å². The fourth-order valence-corrected chi connectivity index (χ4v) is 5.88. The van der Waals surface area contributed by atoms with Gasteiger partial charge in [0.2, 0.25) is 5.91 Å². The van der Waals surface area contributed by atoms with Gasteiger partial charge in [0.1, 0.15) is 5.75 Å². The monoisotopic (exact) mass is 428 g/mol. The van der Waals surface area contributed by atoms with Crippen LogP contribution in [0, 0.1) is 11.3 Å². The molecule has 31 heavy (non-hydrogen) atoms. The third-order valence-corrected chi connectivity index (χ3v) is 7.86. The van der Waals surface area contributed by atoms with E-state index in [-0.39, 0.29) is 5.91 Å². The molecule has 6 heteroatoms. The number of hydrogen-bond donors (Lipinski definition) is 2. The number of hydrogen-bond acceptors (Lipinski definition) is 5. The second-order valence-electron chi connectivity index (χ2n) is 9.67. The van der Waals surface area contributed by atoms with Gasteiger partial charge in [-0.2, -0.15) is 0 Å². The van der Waals surface area contributed by atoms with E-state index < -0.39 is 0 Å². The number of piperazine rings is 1. The summed E-state index contributed by atoms with van der Waals surface area (Å²) in [5, 5.41) is 6.79. The molecule has 1 unspecified atom stereocenters. The van der Waals surface area contributed by atoms with Gasteiger partial charge in [0.15, 0.2) is 0 Å². The SMILES string of the molecule is COc1ccc(N2CCN(CCNC(=O)CCC3CNCC34CCCCC4)CC2)cc1. The van der Waals surface area contributed by atoms with E-state index in [9.17, 15) is 4.79 Å². The van der Waals surface area contributed by atoms with Crippen molar-refractivity contribution in [1.29, 1.82) is 0 Å². The molecule has 3 fully saturated rings. The lowest BCUT2D eigenvalue weighted by atomic mass is 9.66. The maximum Gasteiger partial charge on any atom is 0.220 e. The molecule has 0 radical (unpaired) electrons. The summed E-state index contributed by atoms with van der Waals surface area (Å²) < 4.78 is 5.25. The second-order valence-corrected chi connectivity index (χ2v) is 9.67. The van der Waals surface area contributed by atoms with Crippen LogP contribution in [0.2, 0.25) is 0 Å². The van der Waals surface area contributed by atoms with Crippen LogP contribution in [0.4, 0.5) is 5.69 Å². The van der Waals surface area contributed by atoms with Gasteiger partial charge in [0.25, 0.3) is 0 Å². The number of carbonyl (C=O) groups is 1. The molecule has 3 aliphatic rings. The van der Waals surface area contributed by atoms with Gasteiger partial charge >= 0.3 is 0 Å². The zero-order chi connectivity index (χ0) is 21.5. The number of rotatable bonds is 8. The van der Waals surface area contributed by atoms with E-state index in [1.165, 1.54) is 44.3 Å².